The molecule has 1 N–H and O–H groups in total. The van der Waals surface area contributed by atoms with E-state index in [1.54, 1.807) is 6.07 Å². The number of hydrogen-bond donors (Lipinski definition) is 1. The molecular formula is C24H35N3O3. The Hall–Kier alpha value is -2.37. The molecule has 3 amide bonds. The lowest BCUT2D eigenvalue weighted by atomic mass is 9.93. The van der Waals surface area contributed by atoms with E-state index >= 15 is 0 Å². The Morgan fingerprint density at radius 1 is 0.933 bits per heavy atom. The van der Waals surface area contributed by atoms with E-state index in [0.717, 1.165) is 31.5 Å². The highest BCUT2D eigenvalue weighted by Gasteiger charge is 2.34. The molecule has 164 valence electrons. The topological polar surface area (TPSA) is 69.7 Å². The molecule has 2 aliphatic rings. The van der Waals surface area contributed by atoms with E-state index in [9.17, 15) is 14.4 Å². The first-order chi connectivity index (χ1) is 14.4. The van der Waals surface area contributed by atoms with Crippen LogP contribution in [0, 0.1) is 18.8 Å². The average Bonchev–Trinajstić information content (AvgIpc) is 2.77. The number of carbonyl (C=O) groups is 3. The maximum Gasteiger partial charge on any atom is 0.252 e. The van der Waals surface area contributed by atoms with Gasteiger partial charge in [-0.15, -0.1) is 0 Å². The van der Waals surface area contributed by atoms with E-state index in [4.69, 9.17) is 0 Å². The normalized spacial score (nSPS) is 18.9. The van der Waals surface area contributed by atoms with Crippen LogP contribution in [-0.2, 0) is 9.59 Å². The summed E-state index contributed by atoms with van der Waals surface area (Å²) in [5.74, 6) is 0.00515. The van der Waals surface area contributed by atoms with Crippen LogP contribution in [0.25, 0.3) is 0 Å². The molecular weight excluding hydrogens is 378 g/mol. The van der Waals surface area contributed by atoms with Gasteiger partial charge < -0.3 is 15.1 Å². The van der Waals surface area contributed by atoms with Gasteiger partial charge >= 0.3 is 0 Å². The second kappa shape index (κ2) is 10.1. The third kappa shape index (κ3) is 5.21. The fourth-order valence-electron chi connectivity index (χ4n) is 4.48. The first-order valence-corrected chi connectivity index (χ1v) is 11.3. The minimum atomic E-state index is -0.563. The maximum absolute atomic E-state index is 13.2. The zero-order chi connectivity index (χ0) is 21.7. The van der Waals surface area contributed by atoms with Gasteiger partial charge in [0, 0.05) is 37.7 Å². The number of piperidine rings is 2. The van der Waals surface area contributed by atoms with Gasteiger partial charge in [-0.25, -0.2) is 0 Å². The van der Waals surface area contributed by atoms with Crippen molar-refractivity contribution in [3.63, 3.8) is 0 Å². The maximum atomic E-state index is 13.2. The first-order valence-electron chi connectivity index (χ1n) is 11.3. The summed E-state index contributed by atoms with van der Waals surface area (Å²) < 4.78 is 0. The van der Waals surface area contributed by atoms with E-state index < -0.39 is 6.04 Å². The number of rotatable bonds is 5. The number of likely N-dealkylation sites (tertiary alicyclic amines) is 2. The third-order valence-electron chi connectivity index (χ3n) is 6.43. The van der Waals surface area contributed by atoms with Crippen LogP contribution in [0.1, 0.15) is 61.9 Å². The highest BCUT2D eigenvalue weighted by molar-refractivity contribution is 5.98. The highest BCUT2D eigenvalue weighted by atomic mass is 16.2. The lowest BCUT2D eigenvalue weighted by Gasteiger charge is -2.37. The van der Waals surface area contributed by atoms with Crippen LogP contribution < -0.4 is 5.32 Å². The predicted molar refractivity (Wildman–Crippen MR) is 117 cm³/mol. The van der Waals surface area contributed by atoms with E-state index in [0.29, 0.717) is 31.5 Å². The highest BCUT2D eigenvalue weighted by Crippen LogP contribution is 2.23. The van der Waals surface area contributed by atoms with Crippen molar-refractivity contribution in [1.82, 2.24) is 15.1 Å². The van der Waals surface area contributed by atoms with Crippen molar-refractivity contribution in [2.75, 3.05) is 26.2 Å². The zero-order valence-electron chi connectivity index (χ0n) is 18.5. The van der Waals surface area contributed by atoms with Crippen LogP contribution in [0.15, 0.2) is 24.3 Å². The Labute approximate surface area is 180 Å². The molecule has 0 bridgehead atoms. The molecule has 0 spiro atoms. The van der Waals surface area contributed by atoms with Crippen molar-refractivity contribution >= 4 is 17.7 Å². The van der Waals surface area contributed by atoms with Crippen LogP contribution in [0.5, 0.6) is 0 Å². The predicted octanol–water partition coefficient (Wildman–Crippen LogP) is 3.00. The number of nitrogens with zero attached hydrogens (tertiary/aromatic N) is 2. The fourth-order valence-corrected chi connectivity index (χ4v) is 4.48. The van der Waals surface area contributed by atoms with Crippen molar-refractivity contribution in [2.45, 2.75) is 58.9 Å². The fraction of sp³-hybridized carbons (Fsp3) is 0.625. The number of carbonyl (C=O) groups excluding carboxylic acids is 3. The lowest BCUT2D eigenvalue weighted by molar-refractivity contribution is -0.142. The number of aryl methyl sites for hydroxylation is 1. The number of hydrogen-bond acceptors (Lipinski definition) is 3. The second-order valence-corrected chi connectivity index (χ2v) is 9.00. The van der Waals surface area contributed by atoms with Crippen molar-refractivity contribution in [3.05, 3.63) is 35.4 Å². The van der Waals surface area contributed by atoms with Crippen molar-refractivity contribution < 1.29 is 14.4 Å². The number of nitrogens with one attached hydrogen (secondary N) is 1. The van der Waals surface area contributed by atoms with Crippen LogP contribution in [-0.4, -0.2) is 59.7 Å². The molecule has 1 aromatic rings. The van der Waals surface area contributed by atoms with Gasteiger partial charge in [-0.05, 0) is 56.6 Å². The van der Waals surface area contributed by atoms with Gasteiger partial charge in [0.05, 0.1) is 0 Å². The standard InChI is InChI=1S/C24H35N3O3/c1-17(2)21(25-22(28)20-10-6-5-9-18(20)3)24(30)27-15-11-19(12-16-27)23(29)26-13-7-4-8-14-26/h5-6,9-10,17,19,21H,4,7-8,11-16H2,1-3H3,(H,25,28). The number of amides is 3. The van der Waals surface area contributed by atoms with Gasteiger partial charge in [-0.3, -0.25) is 14.4 Å². The van der Waals surface area contributed by atoms with Crippen LogP contribution in [0.4, 0.5) is 0 Å². The molecule has 1 aromatic carbocycles. The van der Waals surface area contributed by atoms with Gasteiger partial charge in [0.2, 0.25) is 11.8 Å². The summed E-state index contributed by atoms with van der Waals surface area (Å²) in [6.07, 6.45) is 4.82. The second-order valence-electron chi connectivity index (χ2n) is 9.00. The molecule has 1 unspecified atom stereocenters. The summed E-state index contributed by atoms with van der Waals surface area (Å²) in [6, 6.07) is 6.84. The molecule has 2 fully saturated rings. The van der Waals surface area contributed by atoms with Gasteiger partial charge in [0.25, 0.3) is 5.91 Å². The average molecular weight is 414 g/mol. The molecule has 0 aliphatic carbocycles. The van der Waals surface area contributed by atoms with E-state index in [2.05, 4.69) is 5.32 Å². The van der Waals surface area contributed by atoms with Gasteiger partial charge in [-0.1, -0.05) is 32.0 Å². The van der Waals surface area contributed by atoms with Crippen molar-refractivity contribution in [2.24, 2.45) is 11.8 Å². The Bertz CT molecular complexity index is 763. The molecule has 2 heterocycles. The van der Waals surface area contributed by atoms with Crippen LogP contribution >= 0.6 is 0 Å². The molecule has 6 nitrogen and oxygen atoms in total. The van der Waals surface area contributed by atoms with Crippen LogP contribution in [0.2, 0.25) is 0 Å². The van der Waals surface area contributed by atoms with E-state index in [-0.39, 0.29) is 29.6 Å². The summed E-state index contributed by atoms with van der Waals surface area (Å²) in [7, 11) is 0. The van der Waals surface area contributed by atoms with Crippen molar-refractivity contribution in [1.29, 1.82) is 0 Å². The summed E-state index contributed by atoms with van der Waals surface area (Å²) >= 11 is 0. The zero-order valence-corrected chi connectivity index (χ0v) is 18.5. The summed E-state index contributed by atoms with van der Waals surface area (Å²) in [5, 5.41) is 2.95. The largest absolute Gasteiger partial charge is 0.342 e. The SMILES string of the molecule is Cc1ccccc1C(=O)NC(C(=O)N1CCC(C(=O)N2CCCCC2)CC1)C(C)C. The molecule has 6 heteroatoms. The molecule has 30 heavy (non-hydrogen) atoms. The molecule has 1 atom stereocenters. The number of benzene rings is 1. The first kappa shape index (κ1) is 22.3. The van der Waals surface area contributed by atoms with Crippen molar-refractivity contribution in [3.8, 4) is 0 Å². The Morgan fingerprint density at radius 2 is 1.57 bits per heavy atom. The molecule has 0 saturated carbocycles. The minimum absolute atomic E-state index is 0.0156. The summed E-state index contributed by atoms with van der Waals surface area (Å²) in [5.41, 5.74) is 1.49. The van der Waals surface area contributed by atoms with Crippen LogP contribution in [0.3, 0.4) is 0 Å². The van der Waals surface area contributed by atoms with Gasteiger partial charge in [-0.2, -0.15) is 0 Å². The molecule has 3 rings (SSSR count). The monoisotopic (exact) mass is 413 g/mol. The molecule has 0 radical (unpaired) electrons. The molecule has 2 aliphatic heterocycles. The quantitative estimate of drug-likeness (QED) is 0.807. The molecule has 0 aromatic heterocycles. The van der Waals surface area contributed by atoms with Gasteiger partial charge in [0.1, 0.15) is 6.04 Å². The minimum Gasteiger partial charge on any atom is -0.342 e. The Morgan fingerprint density at radius 3 is 2.17 bits per heavy atom. The van der Waals surface area contributed by atoms with Gasteiger partial charge in [0.15, 0.2) is 0 Å². The smallest absolute Gasteiger partial charge is 0.252 e. The summed E-state index contributed by atoms with van der Waals surface area (Å²) in [4.78, 5) is 42.5. The Kier molecular flexibility index (Phi) is 7.51. The third-order valence-corrected chi connectivity index (χ3v) is 6.43. The summed E-state index contributed by atoms with van der Waals surface area (Å²) in [6.45, 7) is 8.70. The van der Waals surface area contributed by atoms with E-state index in [1.165, 1.54) is 6.42 Å². The lowest BCUT2D eigenvalue weighted by Crippen LogP contribution is -2.54. The Balaban J connectivity index is 1.58. The van der Waals surface area contributed by atoms with E-state index in [1.807, 2.05) is 48.8 Å². The molecule has 2 saturated heterocycles.